The Kier molecular flexibility index (Phi) is 5.18. The second kappa shape index (κ2) is 7.40. The molecule has 0 N–H and O–H groups in total. The number of hydrogen-bond acceptors (Lipinski definition) is 5. The molecule has 1 aromatic heterocycles. The normalized spacial score (nSPS) is 15.8. The molecule has 0 atom stereocenters. The number of non-ortho nitro benzene ring substituents is 1. The van der Waals surface area contributed by atoms with E-state index in [2.05, 4.69) is 11.5 Å². The average Bonchev–Trinajstić information content (AvgIpc) is 3.05. The first-order valence-electron chi connectivity index (χ1n) is 8.47. The van der Waals surface area contributed by atoms with Gasteiger partial charge >= 0.3 is 0 Å². The van der Waals surface area contributed by atoms with E-state index in [9.17, 15) is 19.7 Å². The maximum Gasteiger partial charge on any atom is 0.293 e. The van der Waals surface area contributed by atoms with E-state index in [1.165, 1.54) is 12.1 Å². The molecule has 0 spiro atoms. The fourth-order valence-corrected chi connectivity index (χ4v) is 3.97. The molecule has 0 aliphatic carbocycles. The maximum absolute atomic E-state index is 12.7. The van der Waals surface area contributed by atoms with Crippen LogP contribution in [-0.2, 0) is 17.9 Å². The molecular formula is C19H19N3O4S. The van der Waals surface area contributed by atoms with Crippen LogP contribution in [0.5, 0.6) is 0 Å². The highest BCUT2D eigenvalue weighted by atomic mass is 32.2. The van der Waals surface area contributed by atoms with Gasteiger partial charge in [0.15, 0.2) is 0 Å². The molecule has 2 amide bonds. The van der Waals surface area contributed by atoms with Gasteiger partial charge in [-0.1, -0.05) is 12.1 Å². The molecule has 0 unspecified atom stereocenters. The van der Waals surface area contributed by atoms with Crippen molar-refractivity contribution < 1.29 is 14.5 Å². The number of aromatic nitrogens is 1. The van der Waals surface area contributed by atoms with Gasteiger partial charge in [0.2, 0.25) is 0 Å². The number of benzene rings is 1. The number of hydrogen-bond donors (Lipinski definition) is 0. The molecule has 1 aliphatic heterocycles. The van der Waals surface area contributed by atoms with Crippen molar-refractivity contribution in [2.24, 2.45) is 0 Å². The van der Waals surface area contributed by atoms with Gasteiger partial charge in [0.1, 0.15) is 0 Å². The zero-order valence-corrected chi connectivity index (χ0v) is 16.1. The topological polar surface area (TPSA) is 85.4 Å². The number of carbonyl (C=O) groups is 2. The monoisotopic (exact) mass is 385 g/mol. The van der Waals surface area contributed by atoms with E-state index in [-0.39, 0.29) is 23.4 Å². The quantitative estimate of drug-likeness (QED) is 0.436. The molecule has 3 rings (SSSR count). The van der Waals surface area contributed by atoms with Crippen LogP contribution in [0.2, 0.25) is 0 Å². The van der Waals surface area contributed by atoms with E-state index in [4.69, 9.17) is 0 Å². The summed E-state index contributed by atoms with van der Waals surface area (Å²) in [6, 6.07) is 7.84. The lowest BCUT2D eigenvalue weighted by Crippen LogP contribution is -2.27. The summed E-state index contributed by atoms with van der Waals surface area (Å²) in [5.74, 6) is -0.343. The Morgan fingerprint density at radius 3 is 2.41 bits per heavy atom. The van der Waals surface area contributed by atoms with Crippen LogP contribution in [0, 0.1) is 24.0 Å². The molecule has 140 valence electrons. The first-order valence-corrected chi connectivity index (χ1v) is 9.29. The fraction of sp³-hybridized carbons (Fsp3) is 0.263. The molecule has 1 aliphatic rings. The molecule has 2 heterocycles. The second-order valence-corrected chi connectivity index (χ2v) is 7.26. The zero-order valence-electron chi connectivity index (χ0n) is 15.3. The van der Waals surface area contributed by atoms with Crippen molar-refractivity contribution in [1.29, 1.82) is 0 Å². The van der Waals surface area contributed by atoms with Gasteiger partial charge in [-0.05, 0) is 55.8 Å². The maximum atomic E-state index is 12.7. The van der Waals surface area contributed by atoms with Gasteiger partial charge < -0.3 is 4.57 Å². The van der Waals surface area contributed by atoms with Gasteiger partial charge in [0, 0.05) is 30.1 Å². The number of nitro benzene ring substituents is 1. The number of nitrogens with zero attached hydrogens (tertiary/aromatic N) is 3. The van der Waals surface area contributed by atoms with Crippen LogP contribution in [0.1, 0.15) is 29.4 Å². The summed E-state index contributed by atoms with van der Waals surface area (Å²) in [7, 11) is 0. The summed E-state index contributed by atoms with van der Waals surface area (Å²) in [4.78, 5) is 36.8. The molecule has 1 aromatic carbocycles. The summed E-state index contributed by atoms with van der Waals surface area (Å²) in [5, 5.41) is 10.4. The van der Waals surface area contributed by atoms with E-state index < -0.39 is 4.92 Å². The molecular weight excluding hydrogens is 366 g/mol. The number of thioether (sulfide) groups is 1. The highest BCUT2D eigenvalue weighted by Gasteiger charge is 2.35. The third-order valence-electron chi connectivity index (χ3n) is 4.58. The standard InChI is InChI=1S/C19H19N3O4S/c1-4-20-12(2)9-15(13(20)3)10-17-18(23)21(19(24)27-17)11-14-5-7-16(8-6-14)22(25)26/h5-10H,4,11H2,1-3H3/b17-10-. The molecule has 0 radical (unpaired) electrons. The summed E-state index contributed by atoms with van der Waals surface area (Å²) < 4.78 is 2.15. The summed E-state index contributed by atoms with van der Waals surface area (Å²) in [6.45, 7) is 6.99. The minimum Gasteiger partial charge on any atom is -0.349 e. The number of amides is 2. The van der Waals surface area contributed by atoms with Crippen LogP contribution < -0.4 is 0 Å². The number of rotatable bonds is 5. The molecule has 7 nitrogen and oxygen atoms in total. The van der Waals surface area contributed by atoms with Crippen molar-refractivity contribution in [2.75, 3.05) is 0 Å². The second-order valence-electron chi connectivity index (χ2n) is 6.26. The molecule has 8 heteroatoms. The first kappa shape index (κ1) is 18.9. The lowest BCUT2D eigenvalue weighted by atomic mass is 10.2. The Morgan fingerprint density at radius 1 is 1.19 bits per heavy atom. The molecule has 0 bridgehead atoms. The van der Waals surface area contributed by atoms with Gasteiger partial charge in [-0.3, -0.25) is 24.6 Å². The van der Waals surface area contributed by atoms with Crippen LogP contribution in [0.4, 0.5) is 10.5 Å². The largest absolute Gasteiger partial charge is 0.349 e. The van der Waals surface area contributed by atoms with E-state index in [0.717, 1.165) is 40.2 Å². The predicted octanol–water partition coefficient (Wildman–Crippen LogP) is 4.27. The number of nitro groups is 1. The lowest BCUT2D eigenvalue weighted by molar-refractivity contribution is -0.384. The van der Waals surface area contributed by atoms with Crippen molar-refractivity contribution in [3.63, 3.8) is 0 Å². The van der Waals surface area contributed by atoms with Crippen LogP contribution in [0.25, 0.3) is 6.08 Å². The van der Waals surface area contributed by atoms with Crippen molar-refractivity contribution in [2.45, 2.75) is 33.9 Å². The molecule has 1 fully saturated rings. The van der Waals surface area contributed by atoms with Gasteiger partial charge in [-0.25, -0.2) is 0 Å². The Labute approximate surface area is 160 Å². The molecule has 27 heavy (non-hydrogen) atoms. The Bertz CT molecular complexity index is 960. The molecule has 1 saturated heterocycles. The van der Waals surface area contributed by atoms with Gasteiger partial charge in [-0.2, -0.15) is 0 Å². The van der Waals surface area contributed by atoms with Gasteiger partial charge in [0.25, 0.3) is 16.8 Å². The van der Waals surface area contributed by atoms with Gasteiger partial charge in [-0.15, -0.1) is 0 Å². The number of imide groups is 1. The Balaban J connectivity index is 1.81. The Hall–Kier alpha value is -2.87. The molecule has 2 aromatic rings. The smallest absolute Gasteiger partial charge is 0.293 e. The van der Waals surface area contributed by atoms with Crippen LogP contribution >= 0.6 is 11.8 Å². The SMILES string of the molecule is CCn1c(C)cc(/C=C2\SC(=O)N(Cc3ccc([N+](=O)[O-])cc3)C2=O)c1C. The summed E-state index contributed by atoms with van der Waals surface area (Å²) >= 11 is 0.916. The fourth-order valence-electron chi connectivity index (χ4n) is 3.14. The van der Waals surface area contributed by atoms with E-state index in [1.807, 2.05) is 19.9 Å². The van der Waals surface area contributed by atoms with E-state index in [1.54, 1.807) is 18.2 Å². The van der Waals surface area contributed by atoms with Gasteiger partial charge in [0.05, 0.1) is 16.4 Å². The highest BCUT2D eigenvalue weighted by Crippen LogP contribution is 2.34. The minimum atomic E-state index is -0.487. The average molecular weight is 385 g/mol. The third-order valence-corrected chi connectivity index (χ3v) is 5.48. The predicted molar refractivity (Wildman–Crippen MR) is 104 cm³/mol. The lowest BCUT2D eigenvalue weighted by Gasteiger charge is -2.12. The Morgan fingerprint density at radius 2 is 1.85 bits per heavy atom. The van der Waals surface area contributed by atoms with E-state index in [0.29, 0.717) is 10.5 Å². The first-order chi connectivity index (χ1) is 12.8. The van der Waals surface area contributed by atoms with Crippen LogP contribution in [0.3, 0.4) is 0 Å². The highest BCUT2D eigenvalue weighted by molar-refractivity contribution is 8.18. The van der Waals surface area contributed by atoms with Crippen molar-refractivity contribution in [3.8, 4) is 0 Å². The molecule has 0 saturated carbocycles. The number of aryl methyl sites for hydroxylation is 1. The third kappa shape index (κ3) is 3.66. The summed E-state index contributed by atoms with van der Waals surface area (Å²) in [5.41, 5.74) is 3.71. The van der Waals surface area contributed by atoms with Crippen molar-refractivity contribution >= 4 is 34.7 Å². The van der Waals surface area contributed by atoms with Crippen molar-refractivity contribution in [3.05, 3.63) is 67.9 Å². The minimum absolute atomic E-state index is 0.0286. The van der Waals surface area contributed by atoms with Crippen LogP contribution in [0.15, 0.2) is 35.2 Å². The zero-order chi connectivity index (χ0) is 19.7. The van der Waals surface area contributed by atoms with Crippen LogP contribution in [-0.4, -0.2) is 25.5 Å². The summed E-state index contributed by atoms with van der Waals surface area (Å²) in [6.07, 6.45) is 1.76. The number of carbonyl (C=O) groups excluding carboxylic acids is 2. The van der Waals surface area contributed by atoms with E-state index >= 15 is 0 Å². The van der Waals surface area contributed by atoms with Crippen molar-refractivity contribution in [1.82, 2.24) is 9.47 Å².